The number of phenols is 4. The van der Waals surface area contributed by atoms with Gasteiger partial charge in [-0.2, -0.15) is 33.7 Å². The van der Waals surface area contributed by atoms with Gasteiger partial charge in [0.2, 0.25) is 0 Å². The number of aliphatic hydroxyl groups excluding tert-OH is 4. The summed E-state index contributed by atoms with van der Waals surface area (Å²) in [7, 11) is -21.4. The maximum Gasteiger partial charge on any atom is 1.00 e. The van der Waals surface area contributed by atoms with Crippen LogP contribution in [0.2, 0.25) is 0 Å². The van der Waals surface area contributed by atoms with Gasteiger partial charge >= 0.3 is 142 Å². The molecule has 4 fully saturated rings. The number of hydrogen-bond acceptors (Lipinski definition) is 28. The predicted molar refractivity (Wildman–Crippen MR) is 332 cm³/mol. The summed E-state index contributed by atoms with van der Waals surface area (Å²) in [5.41, 5.74) is -11.0. The minimum atomic E-state index is -5.36. The number of hydrogen-bond donors (Lipinski definition) is 16. The van der Waals surface area contributed by atoms with Gasteiger partial charge in [0.15, 0.2) is 0 Å². The van der Waals surface area contributed by atoms with Gasteiger partial charge in [0, 0.05) is 124 Å². The molecule has 5 aliphatic rings. The second-order valence-corrected chi connectivity index (χ2v) is 32.3. The number of likely N-dealkylation sites (tertiary alicyclic amines) is 4. The van der Waals surface area contributed by atoms with Crippen molar-refractivity contribution in [2.75, 3.05) is 49.2 Å². The van der Waals surface area contributed by atoms with E-state index in [1.807, 2.05) is 0 Å². The van der Waals surface area contributed by atoms with Gasteiger partial charge in [-0.05, 0) is 71.2 Å². The van der Waals surface area contributed by atoms with Crippen molar-refractivity contribution in [1.29, 1.82) is 0 Å². The molecule has 2 unspecified atom stereocenters. The number of carbonyl (C=O) groups is 4. The van der Waals surface area contributed by atoms with Gasteiger partial charge in [-0.3, -0.25) is 57.0 Å². The van der Waals surface area contributed by atoms with E-state index >= 15 is 20.4 Å². The van der Waals surface area contributed by atoms with Crippen molar-refractivity contribution >= 4 is 64.3 Å². The Labute approximate surface area is 683 Å². The second kappa shape index (κ2) is 35.7. The Hall–Kier alpha value is -3.52. The molecule has 4 aliphatic heterocycles. The van der Waals surface area contributed by atoms with Crippen LogP contribution in [0.1, 0.15) is 142 Å². The van der Waals surface area contributed by atoms with Crippen molar-refractivity contribution in [2.45, 2.75) is 150 Å². The summed E-state index contributed by atoms with van der Waals surface area (Å²) in [5, 5.41) is 200. The Morgan fingerprint density at radius 1 is 0.337 bits per heavy atom. The van der Waals surface area contributed by atoms with Crippen LogP contribution in [0.25, 0.3) is 0 Å². The molecule has 0 spiro atoms. The second-order valence-electron chi connectivity index (χ2n) is 26.0. The molecule has 0 amide bonds. The van der Waals surface area contributed by atoms with Crippen LogP contribution in [-0.2, 0) is 85.8 Å². The molecule has 4 aromatic carbocycles. The minimum absolute atomic E-state index is 0. The predicted octanol–water partition coefficient (Wildman–Crippen LogP) is -15.1. The van der Waals surface area contributed by atoms with Crippen LogP contribution in [0.5, 0.6) is 46.0 Å². The molecular formula is C60H72N4Na4O32S4. The van der Waals surface area contributed by atoms with E-state index in [0.29, 0.717) is 12.1 Å². The molecule has 9 rings (SSSR count). The van der Waals surface area contributed by atoms with Gasteiger partial charge in [0.05, 0.1) is 58.6 Å². The topological polar surface area (TPSA) is 634 Å². The molecule has 0 saturated carbocycles. The van der Waals surface area contributed by atoms with Gasteiger partial charge in [-0.25, -0.2) is 0 Å². The first-order valence-electron chi connectivity index (χ1n) is 31.0. The van der Waals surface area contributed by atoms with Crippen LogP contribution in [0.4, 0.5) is 0 Å². The first kappa shape index (κ1) is 91.1. The van der Waals surface area contributed by atoms with E-state index in [-0.39, 0.29) is 118 Å². The molecule has 1 aliphatic carbocycles. The van der Waals surface area contributed by atoms with E-state index < -0.39 is 376 Å². The number of aliphatic carboxylic acids is 4. The Morgan fingerprint density at radius 2 is 0.510 bits per heavy atom. The largest absolute Gasteiger partial charge is 1.00 e. The molecule has 0 radical (unpaired) electrons. The van der Waals surface area contributed by atoms with Crippen molar-refractivity contribution < 1.29 is 271 Å². The number of nitrogens with zero attached hydrogens (tertiary/aromatic N) is 4. The zero-order valence-electron chi connectivity index (χ0n) is 56.5. The average Bonchev–Trinajstić information content (AvgIpc) is 1.13. The van der Waals surface area contributed by atoms with Crippen LogP contribution < -0.4 is 139 Å². The molecule has 0 aromatic heterocycles. The van der Waals surface area contributed by atoms with E-state index in [1.54, 1.807) is 0 Å². The molecule has 10 atom stereocenters. The van der Waals surface area contributed by atoms with Crippen molar-refractivity contribution in [3.05, 3.63) is 91.0 Å². The van der Waals surface area contributed by atoms with E-state index in [2.05, 4.69) is 0 Å². The first-order chi connectivity index (χ1) is 46.3. The van der Waals surface area contributed by atoms with Gasteiger partial charge in [0.1, 0.15) is 47.2 Å². The quantitative estimate of drug-likeness (QED) is 0.0229. The van der Waals surface area contributed by atoms with Crippen molar-refractivity contribution in [3.8, 4) is 46.0 Å². The third-order valence-corrected chi connectivity index (χ3v) is 22.4. The minimum Gasteiger partial charge on any atom is -0.872 e. The number of fused-ring (bicyclic) bond motifs is 8. The molecule has 4 aromatic rings. The molecule has 4 saturated heterocycles. The average molecular weight is 1580 g/mol. The molecule has 16 N–H and O–H groups in total. The van der Waals surface area contributed by atoms with E-state index in [9.17, 15) is 132 Å². The summed E-state index contributed by atoms with van der Waals surface area (Å²) >= 11 is 0. The number of carboxylic acids is 4. The normalized spacial score (nSPS) is 24.8. The first-order valence-corrected chi connectivity index (χ1v) is 37.4. The fourth-order valence-electron chi connectivity index (χ4n) is 14.8. The number of benzene rings is 4. The van der Waals surface area contributed by atoms with E-state index in [1.165, 1.54) is 0 Å². The van der Waals surface area contributed by atoms with Crippen LogP contribution in [0.3, 0.4) is 0 Å². The van der Waals surface area contributed by atoms with Gasteiger partial charge in [-0.15, -0.1) is 23.0 Å². The standard InChI is InChI=1S/C60H76N4O32S4.4Na/c65-25-9-45(57(77)78)61(17-25)21-41-49(69)33-13-35(51(41)71)30(2-6-98(88,89)90)37-15-39(55(75)43(53(37)73)23-63-19-27(67)11-47(63)59(81)82)32(4-8-100(94,95)96)40-16-38(54(74)44(56(40)76)24-64-20-28(68)12-48(64)60(83)84)31(3-7-99(91,92)93)36-14-34(29(33)1-5-97(85,86)87)50(70)42(52(36)72)22-62-18-26(66)10-46(62)58(79)80;;;;/h13-16,25-32,45-48,65-76H,1-12,17-24H2,(H,77,78)(H,79,80)(H,81,82)(H,83,84)(H,85,86,87)(H,88,89,90)(H,91,92,93)(H,94,95,96);;;;/q;4*+1/p-4/t25-,26-,27-,28-,29?,30?,31?,32?,45-,46-,47-,48-;;;;/m1..../s1. The van der Waals surface area contributed by atoms with Crippen molar-refractivity contribution in [2.24, 2.45) is 0 Å². The molecule has 4 heterocycles. The molecule has 552 valence electrons. The number of aromatic hydroxyl groups is 4. The zero-order valence-corrected chi connectivity index (χ0v) is 67.8. The SMILES string of the molecule is O=C(O)[C@H]1C[C@@H](O)CN1Cc1c([O-])c2cc(c1[O-])C(CCS(=O)(=O)O)c1cc(c(O)c(CN3C[C@H](O)C[C@@H]3C(=O)O)c1O)C(CCS(=O)(=O)O)c1cc(c(O)c(CN3C[C@H](O)C[C@@H]3C(=O)O)c1O)C(CCS(=O)(=O)O)c1cc(c([O-])c(CN3C[C@H](O)C[C@@H]3C(=O)O)c1[O-])C2CCS(=O)(=O)O.[Na+].[Na+].[Na+].[Na+]. The molecule has 8 bridgehead atoms. The van der Waals surface area contributed by atoms with Crippen LogP contribution in [0, 0.1) is 0 Å². The summed E-state index contributed by atoms with van der Waals surface area (Å²) in [6, 6.07) is -4.11. The van der Waals surface area contributed by atoms with Crippen molar-refractivity contribution in [1.82, 2.24) is 19.6 Å². The molecule has 44 heteroatoms. The summed E-state index contributed by atoms with van der Waals surface area (Å²) in [6.07, 6.45) is -12.8. The van der Waals surface area contributed by atoms with E-state index in [4.69, 9.17) is 0 Å². The third-order valence-electron chi connectivity index (χ3n) is 19.4. The Morgan fingerprint density at radius 3 is 0.702 bits per heavy atom. The maximum absolute atomic E-state index is 15.9. The van der Waals surface area contributed by atoms with Crippen LogP contribution in [-0.4, -0.2) is 254 Å². The van der Waals surface area contributed by atoms with Crippen LogP contribution in [0.15, 0.2) is 24.3 Å². The fourth-order valence-corrected chi connectivity index (χ4v) is 16.9. The summed E-state index contributed by atoms with van der Waals surface area (Å²) in [6.45, 7) is -6.68. The smallest absolute Gasteiger partial charge is 0.872 e. The molecule has 36 nitrogen and oxygen atoms in total. The Balaban J connectivity index is 0.00000486. The summed E-state index contributed by atoms with van der Waals surface area (Å²) in [5.74, 6) is -32.5. The fraction of sp³-hybridized carbons (Fsp3) is 0.533. The zero-order chi connectivity index (χ0) is 74.1. The van der Waals surface area contributed by atoms with Gasteiger partial charge in [-0.1, -0.05) is 12.1 Å². The van der Waals surface area contributed by atoms with Crippen molar-refractivity contribution in [3.63, 3.8) is 0 Å². The number of carboxylic acid groups (broad SMARTS) is 4. The number of phenolic OH excluding ortho intramolecular Hbond substituents is 4. The van der Waals surface area contributed by atoms with Crippen LogP contribution >= 0.6 is 0 Å². The Kier molecular flexibility index (Phi) is 31.2. The summed E-state index contributed by atoms with van der Waals surface area (Å²) < 4.78 is 147. The third kappa shape index (κ3) is 20.7. The Bertz CT molecular complexity index is 3750. The van der Waals surface area contributed by atoms with E-state index in [0.717, 1.165) is 31.7 Å². The maximum atomic E-state index is 15.9. The van der Waals surface area contributed by atoms with Gasteiger partial charge in [0.25, 0.3) is 40.5 Å². The number of rotatable bonds is 24. The van der Waals surface area contributed by atoms with Gasteiger partial charge < -0.3 is 81.7 Å². The number of β-amino-alcohol motifs (C(OH)–C–C–N with tert-alkyl or cyclic N) is 4. The number of aliphatic hydroxyl groups is 4. The molecule has 104 heavy (non-hydrogen) atoms. The monoisotopic (exact) mass is 1580 g/mol. The summed E-state index contributed by atoms with van der Waals surface area (Å²) in [4.78, 5) is 55.0. The molecular weight excluding hydrogens is 1510 g/mol.